The van der Waals surface area contributed by atoms with Gasteiger partial charge in [0.25, 0.3) is 0 Å². The molecule has 1 rings (SSSR count). The molecule has 0 aliphatic rings. The van der Waals surface area contributed by atoms with E-state index in [2.05, 4.69) is 4.42 Å². The van der Waals surface area contributed by atoms with Gasteiger partial charge in [0.15, 0.2) is 0 Å². The summed E-state index contributed by atoms with van der Waals surface area (Å²) in [6.07, 6.45) is 0. The van der Waals surface area contributed by atoms with Crippen LogP contribution < -0.4 is 5.63 Å². The van der Waals surface area contributed by atoms with Crippen molar-refractivity contribution in [2.24, 2.45) is 0 Å². The first-order valence-corrected chi connectivity index (χ1v) is 2.58. The van der Waals surface area contributed by atoms with Crippen molar-refractivity contribution in [3.05, 3.63) is 27.9 Å². The minimum absolute atomic E-state index is 0. The second kappa shape index (κ2) is 4.26. The van der Waals surface area contributed by atoms with Gasteiger partial charge in [0.05, 0.1) is 0 Å². The molecule has 0 aliphatic carbocycles. The fourth-order valence-electron chi connectivity index (χ4n) is 0.519. The van der Waals surface area contributed by atoms with Gasteiger partial charge in [-0.25, -0.2) is 4.79 Å². The van der Waals surface area contributed by atoms with Gasteiger partial charge in [0.1, 0.15) is 11.6 Å². The minimum atomic E-state index is -1.29. The zero-order chi connectivity index (χ0) is 8.43. The van der Waals surface area contributed by atoms with Crippen LogP contribution in [0.3, 0.4) is 0 Å². The maximum absolute atomic E-state index is 12.3. The van der Waals surface area contributed by atoms with E-state index in [4.69, 9.17) is 10.4 Å². The van der Waals surface area contributed by atoms with Crippen molar-refractivity contribution in [2.75, 3.05) is 0 Å². The van der Waals surface area contributed by atoms with Gasteiger partial charge >= 0.3 is 41.1 Å². The summed E-state index contributed by atoms with van der Waals surface area (Å²) in [5.41, 5.74) is -1.69. The van der Waals surface area contributed by atoms with Crippen LogP contribution in [0.1, 0.15) is 5.56 Å². The Labute approximate surface area is 88.5 Å². The fourth-order valence-corrected chi connectivity index (χ4v) is 0.519. The van der Waals surface area contributed by atoms with E-state index < -0.39 is 23.0 Å². The van der Waals surface area contributed by atoms with Gasteiger partial charge in [-0.2, -0.15) is 9.65 Å². The number of nitrogens with zero attached hydrogens (tertiary/aromatic N) is 1. The van der Waals surface area contributed by atoms with Gasteiger partial charge in [-0.05, 0) is 0 Å². The summed E-state index contributed by atoms with van der Waals surface area (Å²) in [5, 5.41) is 16.9. The first-order chi connectivity index (χ1) is 5.15. The van der Waals surface area contributed by atoms with Crippen LogP contribution in [0.5, 0.6) is 5.95 Å². The Balaban J connectivity index is 0.00000121. The van der Waals surface area contributed by atoms with Gasteiger partial charge in [0.2, 0.25) is 5.82 Å². The molecule has 58 valence electrons. The number of rotatable bonds is 0. The second-order valence-corrected chi connectivity index (χ2v) is 1.71. The van der Waals surface area contributed by atoms with E-state index in [0.717, 1.165) is 0 Å². The third kappa shape index (κ3) is 2.08. The molecule has 0 aliphatic heterocycles. The van der Waals surface area contributed by atoms with E-state index in [1.54, 1.807) is 0 Å². The third-order valence-corrected chi connectivity index (χ3v) is 1.01. The van der Waals surface area contributed by atoms with Crippen LogP contribution in [0.15, 0.2) is 15.3 Å². The number of halogens is 1. The molecule has 1 N–H and O–H groups in total. The molecule has 0 saturated heterocycles. The van der Waals surface area contributed by atoms with Crippen molar-refractivity contribution in [3.8, 4) is 12.0 Å². The van der Waals surface area contributed by atoms with Crippen molar-refractivity contribution in [3.63, 3.8) is 0 Å². The zero-order valence-electron chi connectivity index (χ0n) is 5.17. The average molecular weight is 179 g/mol. The van der Waals surface area contributed by atoms with Gasteiger partial charge in [0, 0.05) is 6.07 Å². The molecule has 0 unspecified atom stereocenters. The Bertz CT molecular complexity index is 381. The molecule has 0 amide bonds. The summed E-state index contributed by atoms with van der Waals surface area (Å²) in [6, 6.07) is 2.05. The predicted molar refractivity (Wildman–Crippen MR) is 38.5 cm³/mol. The van der Waals surface area contributed by atoms with Crippen LogP contribution >= 0.6 is 0 Å². The van der Waals surface area contributed by atoms with Gasteiger partial charge < -0.3 is 9.52 Å². The first kappa shape index (κ1) is 11.2. The molecule has 6 heteroatoms. The van der Waals surface area contributed by atoms with Crippen molar-refractivity contribution in [2.45, 2.75) is 0 Å². The molecular weight excluding hydrogens is 176 g/mol. The molecule has 0 aromatic carbocycles. The van der Waals surface area contributed by atoms with E-state index in [1.165, 1.54) is 6.07 Å². The quantitative estimate of drug-likeness (QED) is 0.555. The molecule has 0 atom stereocenters. The molecular formula is C6H3FNNaO3. The third-order valence-electron chi connectivity index (χ3n) is 1.01. The first-order valence-electron chi connectivity index (χ1n) is 2.58. The molecule has 12 heavy (non-hydrogen) atoms. The van der Waals surface area contributed by atoms with Crippen LogP contribution in [0, 0.1) is 17.1 Å². The predicted octanol–water partition coefficient (Wildman–Crippen LogP) is -0.292. The van der Waals surface area contributed by atoms with E-state index in [-0.39, 0.29) is 29.6 Å². The van der Waals surface area contributed by atoms with Crippen molar-refractivity contribution in [1.29, 1.82) is 5.26 Å². The SMILES string of the molecule is N#Cc1cc(F)c(=O)oc1O.[NaH]. The normalized spacial score (nSPS) is 8.33. The molecule has 1 aromatic heterocycles. The average Bonchev–Trinajstić information content (AvgIpc) is 1.97. The van der Waals surface area contributed by atoms with Crippen LogP contribution in [0.25, 0.3) is 0 Å². The van der Waals surface area contributed by atoms with Crippen molar-refractivity contribution < 1.29 is 13.9 Å². The standard InChI is InChI=1S/C6H2FNO3.Na.H/c7-4-1-3(2-8)5(9)11-6(4)10;;/h1,9H;;. The van der Waals surface area contributed by atoms with E-state index >= 15 is 0 Å². The number of hydrogen-bond acceptors (Lipinski definition) is 4. The summed E-state index contributed by atoms with van der Waals surface area (Å²) in [7, 11) is 0. The van der Waals surface area contributed by atoms with Gasteiger partial charge in [-0.3, -0.25) is 0 Å². The fraction of sp³-hybridized carbons (Fsp3) is 0. The molecule has 1 heterocycles. The van der Waals surface area contributed by atoms with Crippen LogP contribution in [-0.2, 0) is 0 Å². The molecule has 4 nitrogen and oxygen atoms in total. The summed E-state index contributed by atoms with van der Waals surface area (Å²) < 4.78 is 16.2. The Morgan fingerprint density at radius 2 is 2.25 bits per heavy atom. The maximum atomic E-state index is 12.3. The zero-order valence-corrected chi connectivity index (χ0v) is 5.17. The number of hydrogen-bond donors (Lipinski definition) is 1. The summed E-state index contributed by atoms with van der Waals surface area (Å²) in [5.74, 6) is -2.06. The molecule has 0 radical (unpaired) electrons. The van der Waals surface area contributed by atoms with Gasteiger partial charge in [-0.1, -0.05) is 0 Å². The number of aromatic hydroxyl groups is 1. The molecule has 1 aromatic rings. The Hall–Kier alpha value is -0.830. The summed E-state index contributed by atoms with van der Waals surface area (Å²) >= 11 is 0. The molecule has 0 bridgehead atoms. The summed E-state index contributed by atoms with van der Waals surface area (Å²) in [4.78, 5) is 10.3. The second-order valence-electron chi connectivity index (χ2n) is 1.71. The van der Waals surface area contributed by atoms with Crippen molar-refractivity contribution >= 4 is 29.6 Å². The molecule has 0 saturated carbocycles. The monoisotopic (exact) mass is 179 g/mol. The molecule has 0 spiro atoms. The van der Waals surface area contributed by atoms with Gasteiger partial charge in [-0.15, -0.1) is 0 Å². The summed E-state index contributed by atoms with van der Waals surface area (Å²) in [6.45, 7) is 0. The van der Waals surface area contributed by atoms with Crippen LogP contribution in [0.4, 0.5) is 4.39 Å². The Kier molecular flexibility index (Phi) is 3.96. The van der Waals surface area contributed by atoms with E-state index in [9.17, 15) is 9.18 Å². The van der Waals surface area contributed by atoms with Crippen LogP contribution in [-0.4, -0.2) is 34.7 Å². The van der Waals surface area contributed by atoms with Crippen LogP contribution in [0.2, 0.25) is 0 Å². The Morgan fingerprint density at radius 1 is 1.67 bits per heavy atom. The van der Waals surface area contributed by atoms with Crippen molar-refractivity contribution in [1.82, 2.24) is 0 Å². The van der Waals surface area contributed by atoms with E-state index in [0.29, 0.717) is 6.07 Å². The van der Waals surface area contributed by atoms with E-state index in [1.807, 2.05) is 0 Å². The topological polar surface area (TPSA) is 74.2 Å². The number of nitriles is 1. The molecule has 0 fully saturated rings. The Morgan fingerprint density at radius 3 is 2.75 bits per heavy atom.